The van der Waals surface area contributed by atoms with Crippen molar-refractivity contribution in [2.45, 2.75) is 39.7 Å². The highest BCUT2D eigenvalue weighted by molar-refractivity contribution is 4.76. The summed E-state index contributed by atoms with van der Waals surface area (Å²) in [5.41, 5.74) is 0. The van der Waals surface area contributed by atoms with E-state index in [1.807, 2.05) is 0 Å². The van der Waals surface area contributed by atoms with Crippen LogP contribution in [0.5, 0.6) is 0 Å². The van der Waals surface area contributed by atoms with E-state index in [9.17, 15) is 0 Å². The third kappa shape index (κ3) is 5.61. The normalized spacial score (nSPS) is 19.3. The molecule has 84 valence electrons. The molecule has 1 aliphatic rings. The second-order valence-electron chi connectivity index (χ2n) is 5.33. The maximum atomic E-state index is 3.49. The van der Waals surface area contributed by atoms with Crippen LogP contribution in [0.25, 0.3) is 0 Å². The van der Waals surface area contributed by atoms with Crippen molar-refractivity contribution in [3.63, 3.8) is 0 Å². The first-order valence-corrected chi connectivity index (χ1v) is 6.00. The third-order valence-electron chi connectivity index (χ3n) is 2.76. The van der Waals surface area contributed by atoms with Crippen molar-refractivity contribution in [1.82, 2.24) is 10.2 Å². The highest BCUT2D eigenvalue weighted by Crippen LogP contribution is 2.29. The molecule has 0 aromatic carbocycles. The van der Waals surface area contributed by atoms with Crippen LogP contribution in [0, 0.1) is 11.8 Å². The van der Waals surface area contributed by atoms with E-state index in [4.69, 9.17) is 0 Å². The van der Waals surface area contributed by atoms with Crippen molar-refractivity contribution in [2.75, 3.05) is 26.7 Å². The average Bonchev–Trinajstić information content (AvgIpc) is 2.84. The summed E-state index contributed by atoms with van der Waals surface area (Å²) in [6.45, 7) is 10.4. The van der Waals surface area contributed by atoms with E-state index in [0.29, 0.717) is 6.04 Å². The molecule has 1 saturated carbocycles. The summed E-state index contributed by atoms with van der Waals surface area (Å²) in [6.07, 6.45) is 2.92. The minimum Gasteiger partial charge on any atom is -0.314 e. The Kier molecular flexibility index (Phi) is 4.90. The molecule has 1 N–H and O–H groups in total. The zero-order valence-corrected chi connectivity index (χ0v) is 10.2. The molecular weight excluding hydrogens is 172 g/mol. The summed E-state index contributed by atoms with van der Waals surface area (Å²) < 4.78 is 0. The first-order chi connectivity index (χ1) is 6.58. The van der Waals surface area contributed by atoms with E-state index < -0.39 is 0 Å². The number of nitrogens with zero attached hydrogens (tertiary/aromatic N) is 1. The standard InChI is InChI=1S/C12H26N2/c1-10(2)13-7-11(3)8-14(4)9-12-5-6-12/h10-13H,5-9H2,1-4H3. The molecule has 0 spiro atoms. The first kappa shape index (κ1) is 12.0. The van der Waals surface area contributed by atoms with Crippen LogP contribution in [-0.2, 0) is 0 Å². The molecule has 1 aliphatic carbocycles. The smallest absolute Gasteiger partial charge is 0.00162 e. The number of rotatable bonds is 7. The van der Waals surface area contributed by atoms with Gasteiger partial charge in [-0.3, -0.25) is 0 Å². The molecule has 0 heterocycles. The SMILES string of the molecule is CC(CNC(C)C)CN(C)CC1CC1. The second-order valence-corrected chi connectivity index (χ2v) is 5.33. The van der Waals surface area contributed by atoms with Gasteiger partial charge in [-0.25, -0.2) is 0 Å². The lowest BCUT2D eigenvalue weighted by molar-refractivity contribution is 0.269. The largest absolute Gasteiger partial charge is 0.314 e. The van der Waals surface area contributed by atoms with Crippen molar-refractivity contribution < 1.29 is 0 Å². The summed E-state index contributed by atoms with van der Waals surface area (Å²) in [7, 11) is 2.25. The fraction of sp³-hybridized carbons (Fsp3) is 1.00. The molecule has 0 amide bonds. The lowest BCUT2D eigenvalue weighted by Gasteiger charge is -2.22. The Bertz CT molecular complexity index is 152. The summed E-state index contributed by atoms with van der Waals surface area (Å²) in [5.74, 6) is 1.78. The van der Waals surface area contributed by atoms with Gasteiger partial charge in [0.1, 0.15) is 0 Å². The molecule has 0 aromatic rings. The zero-order valence-electron chi connectivity index (χ0n) is 10.2. The van der Waals surface area contributed by atoms with Gasteiger partial charge in [0.2, 0.25) is 0 Å². The van der Waals surface area contributed by atoms with Crippen LogP contribution in [0.4, 0.5) is 0 Å². The molecule has 1 fully saturated rings. The fourth-order valence-electron chi connectivity index (χ4n) is 1.85. The Morgan fingerprint density at radius 3 is 2.43 bits per heavy atom. The van der Waals surface area contributed by atoms with Crippen LogP contribution in [0.15, 0.2) is 0 Å². The van der Waals surface area contributed by atoms with Gasteiger partial charge in [-0.1, -0.05) is 20.8 Å². The molecule has 1 rings (SSSR count). The lowest BCUT2D eigenvalue weighted by Crippen LogP contribution is -2.34. The van der Waals surface area contributed by atoms with Gasteiger partial charge in [0.25, 0.3) is 0 Å². The van der Waals surface area contributed by atoms with Gasteiger partial charge in [0, 0.05) is 19.1 Å². The number of hydrogen-bond donors (Lipinski definition) is 1. The number of nitrogens with one attached hydrogen (secondary N) is 1. The van der Waals surface area contributed by atoms with E-state index in [2.05, 4.69) is 38.0 Å². The molecule has 14 heavy (non-hydrogen) atoms. The molecule has 0 aromatic heterocycles. The van der Waals surface area contributed by atoms with Crippen LogP contribution in [0.2, 0.25) is 0 Å². The molecule has 2 nitrogen and oxygen atoms in total. The van der Waals surface area contributed by atoms with Gasteiger partial charge in [0.05, 0.1) is 0 Å². The van der Waals surface area contributed by atoms with Crippen LogP contribution < -0.4 is 5.32 Å². The molecular formula is C12H26N2. The Morgan fingerprint density at radius 1 is 1.29 bits per heavy atom. The molecule has 0 aliphatic heterocycles. The summed E-state index contributed by atoms with van der Waals surface area (Å²) in [4.78, 5) is 2.49. The molecule has 0 saturated heterocycles. The summed E-state index contributed by atoms with van der Waals surface area (Å²) in [5, 5.41) is 3.49. The van der Waals surface area contributed by atoms with Crippen molar-refractivity contribution in [3.05, 3.63) is 0 Å². The van der Waals surface area contributed by atoms with Crippen LogP contribution in [0.1, 0.15) is 33.6 Å². The van der Waals surface area contributed by atoms with Crippen LogP contribution in [-0.4, -0.2) is 37.6 Å². The van der Waals surface area contributed by atoms with Gasteiger partial charge >= 0.3 is 0 Å². The van der Waals surface area contributed by atoms with Gasteiger partial charge < -0.3 is 10.2 Å². The second kappa shape index (κ2) is 5.72. The Balaban J connectivity index is 2.02. The highest BCUT2D eigenvalue weighted by Gasteiger charge is 2.23. The third-order valence-corrected chi connectivity index (χ3v) is 2.76. The molecule has 2 heteroatoms. The molecule has 1 atom stereocenters. The zero-order chi connectivity index (χ0) is 10.6. The van der Waals surface area contributed by atoms with E-state index in [1.165, 1.54) is 25.9 Å². The Labute approximate surface area is 89.1 Å². The molecule has 0 bridgehead atoms. The van der Waals surface area contributed by atoms with Crippen LogP contribution >= 0.6 is 0 Å². The highest BCUT2D eigenvalue weighted by atomic mass is 15.1. The van der Waals surface area contributed by atoms with Crippen molar-refractivity contribution >= 4 is 0 Å². The van der Waals surface area contributed by atoms with Crippen molar-refractivity contribution in [3.8, 4) is 0 Å². The van der Waals surface area contributed by atoms with E-state index in [0.717, 1.165) is 18.4 Å². The minimum absolute atomic E-state index is 0.617. The Morgan fingerprint density at radius 2 is 1.93 bits per heavy atom. The fourth-order valence-corrected chi connectivity index (χ4v) is 1.85. The molecule has 0 radical (unpaired) electrons. The topological polar surface area (TPSA) is 15.3 Å². The summed E-state index contributed by atoms with van der Waals surface area (Å²) >= 11 is 0. The van der Waals surface area contributed by atoms with Gasteiger partial charge in [-0.2, -0.15) is 0 Å². The Hall–Kier alpha value is -0.0800. The predicted octanol–water partition coefficient (Wildman–Crippen LogP) is 1.96. The maximum Gasteiger partial charge on any atom is 0.00162 e. The van der Waals surface area contributed by atoms with Gasteiger partial charge in [0.15, 0.2) is 0 Å². The van der Waals surface area contributed by atoms with Crippen LogP contribution in [0.3, 0.4) is 0 Å². The minimum atomic E-state index is 0.617. The quantitative estimate of drug-likeness (QED) is 0.673. The van der Waals surface area contributed by atoms with E-state index in [-0.39, 0.29) is 0 Å². The van der Waals surface area contributed by atoms with E-state index in [1.54, 1.807) is 0 Å². The first-order valence-electron chi connectivity index (χ1n) is 6.00. The summed E-state index contributed by atoms with van der Waals surface area (Å²) in [6, 6.07) is 0.617. The number of hydrogen-bond acceptors (Lipinski definition) is 2. The predicted molar refractivity (Wildman–Crippen MR) is 62.5 cm³/mol. The van der Waals surface area contributed by atoms with Gasteiger partial charge in [-0.05, 0) is 38.3 Å². The maximum absolute atomic E-state index is 3.49. The lowest BCUT2D eigenvalue weighted by atomic mass is 10.1. The van der Waals surface area contributed by atoms with E-state index >= 15 is 0 Å². The van der Waals surface area contributed by atoms with Gasteiger partial charge in [-0.15, -0.1) is 0 Å². The van der Waals surface area contributed by atoms with Crippen molar-refractivity contribution in [1.29, 1.82) is 0 Å². The average molecular weight is 198 g/mol. The monoisotopic (exact) mass is 198 g/mol. The van der Waals surface area contributed by atoms with Crippen molar-refractivity contribution in [2.24, 2.45) is 11.8 Å². The molecule has 1 unspecified atom stereocenters.